The first kappa shape index (κ1) is 13.4. The zero-order valence-corrected chi connectivity index (χ0v) is 12.1. The summed E-state index contributed by atoms with van der Waals surface area (Å²) in [4.78, 5) is 31.0. The van der Waals surface area contributed by atoms with Crippen LogP contribution in [0.2, 0.25) is 0 Å². The maximum Gasteiger partial charge on any atom is 0.241 e. The largest absolute Gasteiger partial charge is 0.357 e. The van der Waals surface area contributed by atoms with Gasteiger partial charge in [-0.25, -0.2) is 4.90 Å². The molecule has 0 aromatic carbocycles. The van der Waals surface area contributed by atoms with Gasteiger partial charge in [0.05, 0.1) is 43.0 Å². The summed E-state index contributed by atoms with van der Waals surface area (Å²) in [5, 5.41) is 0. The summed E-state index contributed by atoms with van der Waals surface area (Å²) in [6.07, 6.45) is 5.72. The van der Waals surface area contributed by atoms with E-state index in [1.54, 1.807) is 18.3 Å². The number of pyridine rings is 1. The predicted octanol–water partition coefficient (Wildman–Crippen LogP) is 0.267. The highest BCUT2D eigenvalue weighted by molar-refractivity contribution is 6.23. The fourth-order valence-electron chi connectivity index (χ4n) is 4.07. The molecule has 1 aromatic rings. The highest BCUT2D eigenvalue weighted by atomic mass is 16.7. The molecule has 0 spiro atoms. The van der Waals surface area contributed by atoms with Crippen LogP contribution in [0.4, 0.5) is 5.69 Å². The molecule has 3 fully saturated rings. The Balaban J connectivity index is 1.58. The van der Waals surface area contributed by atoms with Crippen LogP contribution in [-0.2, 0) is 23.8 Å². The second-order valence-corrected chi connectivity index (χ2v) is 6.10. The lowest BCUT2D eigenvalue weighted by Crippen LogP contribution is -2.49. The summed E-state index contributed by atoms with van der Waals surface area (Å²) < 4.78 is 17.2. The average Bonchev–Trinajstić information content (AvgIpc) is 3.32. The van der Waals surface area contributed by atoms with Crippen LogP contribution in [0, 0.1) is 11.8 Å². The molecule has 0 saturated carbocycles. The second-order valence-electron chi connectivity index (χ2n) is 6.10. The van der Waals surface area contributed by atoms with Crippen LogP contribution in [0.1, 0.15) is 0 Å². The molecule has 3 saturated heterocycles. The molecule has 7 nitrogen and oxygen atoms in total. The van der Waals surface area contributed by atoms with Crippen molar-refractivity contribution in [3.63, 3.8) is 0 Å². The SMILES string of the molecule is O=C1[C@@H]2[C@@H](C(=O)N1c1cccnc1)[C@@]1(C3OCCO3)C=C[C@H]2O1. The van der Waals surface area contributed by atoms with Crippen molar-refractivity contribution in [2.75, 3.05) is 18.1 Å². The summed E-state index contributed by atoms with van der Waals surface area (Å²) in [7, 11) is 0. The Labute approximate surface area is 131 Å². The van der Waals surface area contributed by atoms with Crippen LogP contribution >= 0.6 is 0 Å². The van der Waals surface area contributed by atoms with Crippen molar-refractivity contribution < 1.29 is 23.8 Å². The number of hydrogen-bond acceptors (Lipinski definition) is 6. The van der Waals surface area contributed by atoms with Crippen molar-refractivity contribution >= 4 is 17.5 Å². The van der Waals surface area contributed by atoms with E-state index in [-0.39, 0.29) is 11.8 Å². The van der Waals surface area contributed by atoms with Crippen molar-refractivity contribution in [1.29, 1.82) is 0 Å². The first-order valence-corrected chi connectivity index (χ1v) is 7.60. The number of fused-ring (bicyclic) bond motifs is 5. The fourth-order valence-corrected chi connectivity index (χ4v) is 4.07. The van der Waals surface area contributed by atoms with Crippen molar-refractivity contribution in [2.45, 2.75) is 18.0 Å². The minimum atomic E-state index is -1.00. The smallest absolute Gasteiger partial charge is 0.241 e. The first-order chi connectivity index (χ1) is 11.2. The molecule has 7 heteroatoms. The van der Waals surface area contributed by atoms with E-state index >= 15 is 0 Å². The topological polar surface area (TPSA) is 78.0 Å². The van der Waals surface area contributed by atoms with Gasteiger partial charge in [0.1, 0.15) is 0 Å². The van der Waals surface area contributed by atoms with E-state index in [9.17, 15) is 9.59 Å². The molecule has 4 aliphatic heterocycles. The van der Waals surface area contributed by atoms with E-state index in [4.69, 9.17) is 14.2 Å². The fraction of sp³-hybridized carbons (Fsp3) is 0.438. The monoisotopic (exact) mass is 314 g/mol. The lowest BCUT2D eigenvalue weighted by molar-refractivity contribution is -0.180. The first-order valence-electron chi connectivity index (χ1n) is 7.60. The molecule has 0 radical (unpaired) electrons. The highest BCUT2D eigenvalue weighted by Gasteiger charge is 2.71. The van der Waals surface area contributed by atoms with Crippen LogP contribution < -0.4 is 4.90 Å². The number of rotatable bonds is 2. The van der Waals surface area contributed by atoms with E-state index < -0.39 is 29.8 Å². The summed E-state index contributed by atoms with van der Waals surface area (Å²) >= 11 is 0. The molecule has 4 aliphatic rings. The van der Waals surface area contributed by atoms with Gasteiger partial charge in [0, 0.05) is 6.20 Å². The maximum absolute atomic E-state index is 13.0. The predicted molar refractivity (Wildman–Crippen MR) is 76.1 cm³/mol. The molecular weight excluding hydrogens is 300 g/mol. The Bertz CT molecular complexity index is 714. The number of carbonyl (C=O) groups excluding carboxylic acids is 2. The average molecular weight is 314 g/mol. The minimum absolute atomic E-state index is 0.248. The maximum atomic E-state index is 13.0. The van der Waals surface area contributed by atoms with Crippen molar-refractivity contribution in [3.8, 4) is 0 Å². The van der Waals surface area contributed by atoms with Gasteiger partial charge in [0.15, 0.2) is 11.9 Å². The van der Waals surface area contributed by atoms with E-state index in [1.165, 1.54) is 11.1 Å². The molecule has 1 aromatic heterocycles. The number of imide groups is 1. The van der Waals surface area contributed by atoms with Gasteiger partial charge < -0.3 is 14.2 Å². The molecule has 23 heavy (non-hydrogen) atoms. The summed E-state index contributed by atoms with van der Waals surface area (Å²) in [5.74, 6) is -1.67. The second kappa shape index (κ2) is 4.47. The zero-order chi connectivity index (χ0) is 15.6. The molecule has 118 valence electrons. The van der Waals surface area contributed by atoms with E-state index in [2.05, 4.69) is 4.98 Å². The van der Waals surface area contributed by atoms with Gasteiger partial charge in [-0.05, 0) is 18.2 Å². The lowest BCUT2D eigenvalue weighted by Gasteiger charge is -2.32. The Kier molecular flexibility index (Phi) is 2.60. The number of nitrogens with zero attached hydrogens (tertiary/aromatic N) is 2. The molecule has 5 rings (SSSR count). The van der Waals surface area contributed by atoms with Gasteiger partial charge in [0.25, 0.3) is 0 Å². The van der Waals surface area contributed by atoms with Crippen molar-refractivity contribution in [3.05, 3.63) is 36.7 Å². The Morgan fingerprint density at radius 3 is 2.78 bits per heavy atom. The Hall–Kier alpha value is -2.09. The van der Waals surface area contributed by atoms with E-state index in [1.807, 2.05) is 12.2 Å². The normalized spacial score (nSPS) is 38.8. The zero-order valence-electron chi connectivity index (χ0n) is 12.1. The standard InChI is InChI=1S/C16H14N2O5/c19-13-11-10-3-4-16(23-10,15-21-6-7-22-15)12(11)14(20)18(13)9-2-1-5-17-8-9/h1-5,8,10-12,15H,6-7H2/t10-,11+,12+,16-/m1/s1. The number of ether oxygens (including phenoxy) is 3. The third kappa shape index (κ3) is 1.56. The third-order valence-corrected chi connectivity index (χ3v) is 4.97. The van der Waals surface area contributed by atoms with E-state index in [0.717, 1.165) is 0 Å². The number of anilines is 1. The minimum Gasteiger partial charge on any atom is -0.357 e. The molecule has 0 N–H and O–H groups in total. The molecule has 0 unspecified atom stereocenters. The summed E-state index contributed by atoms with van der Waals surface area (Å²) in [6.45, 7) is 0.917. The van der Waals surface area contributed by atoms with Gasteiger partial charge in [-0.15, -0.1) is 0 Å². The molecule has 0 aliphatic carbocycles. The van der Waals surface area contributed by atoms with Crippen LogP contribution in [-0.4, -0.2) is 48.0 Å². The number of aromatic nitrogens is 1. The Morgan fingerprint density at radius 2 is 2.04 bits per heavy atom. The van der Waals surface area contributed by atoms with Gasteiger partial charge in [-0.3, -0.25) is 14.6 Å². The molecular formula is C16H14N2O5. The van der Waals surface area contributed by atoms with E-state index in [0.29, 0.717) is 18.9 Å². The van der Waals surface area contributed by atoms with Crippen LogP contribution in [0.15, 0.2) is 36.7 Å². The van der Waals surface area contributed by atoms with Gasteiger partial charge in [0.2, 0.25) is 11.8 Å². The summed E-state index contributed by atoms with van der Waals surface area (Å²) in [5.41, 5.74) is -0.519. The molecule has 2 bridgehead atoms. The lowest BCUT2D eigenvalue weighted by atomic mass is 9.76. The van der Waals surface area contributed by atoms with Crippen LogP contribution in [0.25, 0.3) is 0 Å². The van der Waals surface area contributed by atoms with Crippen LogP contribution in [0.3, 0.4) is 0 Å². The van der Waals surface area contributed by atoms with Crippen molar-refractivity contribution in [2.24, 2.45) is 11.8 Å². The highest BCUT2D eigenvalue weighted by Crippen LogP contribution is 2.54. The van der Waals surface area contributed by atoms with Crippen molar-refractivity contribution in [1.82, 2.24) is 4.98 Å². The molecule has 4 atom stereocenters. The molecule has 2 amide bonds. The summed E-state index contributed by atoms with van der Waals surface area (Å²) in [6, 6.07) is 3.40. The number of carbonyl (C=O) groups is 2. The quantitative estimate of drug-likeness (QED) is 0.576. The van der Waals surface area contributed by atoms with Gasteiger partial charge in [-0.1, -0.05) is 6.08 Å². The number of hydrogen-bond donors (Lipinski definition) is 0. The van der Waals surface area contributed by atoms with Gasteiger partial charge >= 0.3 is 0 Å². The molecule has 5 heterocycles. The third-order valence-electron chi connectivity index (χ3n) is 4.97. The van der Waals surface area contributed by atoms with Gasteiger partial charge in [-0.2, -0.15) is 0 Å². The number of amides is 2. The Morgan fingerprint density at radius 1 is 1.22 bits per heavy atom. The van der Waals surface area contributed by atoms with Crippen LogP contribution in [0.5, 0.6) is 0 Å².